The number of hydrogen-bond donors (Lipinski definition) is 2. The van der Waals surface area contributed by atoms with E-state index in [1.807, 2.05) is 32.0 Å². The summed E-state index contributed by atoms with van der Waals surface area (Å²) >= 11 is 0. The smallest absolute Gasteiger partial charge is 0.253 e. The molecule has 5 heteroatoms. The summed E-state index contributed by atoms with van der Waals surface area (Å²) in [7, 11) is -0.821. The molecule has 21 heavy (non-hydrogen) atoms. The van der Waals surface area contributed by atoms with Gasteiger partial charge in [-0.1, -0.05) is 18.6 Å². The average Bonchev–Trinajstić information content (AvgIpc) is 2.43. The van der Waals surface area contributed by atoms with Gasteiger partial charge in [0.05, 0.1) is 5.56 Å². The Labute approximate surface area is 130 Å². The summed E-state index contributed by atoms with van der Waals surface area (Å²) in [6, 6.07) is 5.86. The summed E-state index contributed by atoms with van der Waals surface area (Å²) < 4.78 is 11.1. The maximum absolute atomic E-state index is 12.4. The number of anilines is 1. The standard InChI is InChI=1S/C16H26N2O2S/c1-5-9-17-15-7-6-12(2)11-14(15)16(19)18-13(3)8-10-21(4)20/h6-7,11,13,17H,5,8-10H2,1-4H3,(H,18,19). The number of hydrogen-bond acceptors (Lipinski definition) is 3. The van der Waals surface area contributed by atoms with Crippen LogP contribution in [0, 0.1) is 6.92 Å². The van der Waals surface area contributed by atoms with E-state index in [9.17, 15) is 9.00 Å². The molecule has 2 unspecified atom stereocenters. The summed E-state index contributed by atoms with van der Waals surface area (Å²) in [6.07, 6.45) is 3.41. The SMILES string of the molecule is CCCNc1ccc(C)cc1C(=O)NC(C)CCS(C)=O. The van der Waals surface area contributed by atoms with Crippen LogP contribution in [-0.2, 0) is 10.8 Å². The molecule has 0 aliphatic rings. The van der Waals surface area contributed by atoms with Crippen molar-refractivity contribution in [3.05, 3.63) is 29.3 Å². The molecule has 2 atom stereocenters. The third-order valence-corrected chi connectivity index (χ3v) is 4.01. The molecule has 0 saturated carbocycles. The zero-order valence-corrected chi connectivity index (χ0v) is 14.2. The van der Waals surface area contributed by atoms with Gasteiger partial charge in [-0.25, -0.2) is 0 Å². The minimum Gasteiger partial charge on any atom is -0.384 e. The molecule has 1 rings (SSSR count). The largest absolute Gasteiger partial charge is 0.384 e. The molecule has 1 aromatic carbocycles. The van der Waals surface area contributed by atoms with Gasteiger partial charge in [-0.3, -0.25) is 9.00 Å². The number of aryl methyl sites for hydroxylation is 1. The first-order chi connectivity index (χ1) is 9.93. The van der Waals surface area contributed by atoms with Crippen LogP contribution in [0.3, 0.4) is 0 Å². The second kappa shape index (κ2) is 8.82. The van der Waals surface area contributed by atoms with Crippen molar-refractivity contribution < 1.29 is 9.00 Å². The second-order valence-corrected chi connectivity index (χ2v) is 6.97. The van der Waals surface area contributed by atoms with E-state index in [4.69, 9.17) is 0 Å². The first-order valence-corrected chi connectivity index (χ1v) is 9.12. The Morgan fingerprint density at radius 1 is 1.38 bits per heavy atom. The number of carbonyl (C=O) groups excluding carboxylic acids is 1. The predicted octanol–water partition coefficient (Wildman–Crippen LogP) is 2.70. The quantitative estimate of drug-likeness (QED) is 0.776. The highest BCUT2D eigenvalue weighted by molar-refractivity contribution is 7.84. The molecule has 0 aliphatic carbocycles. The lowest BCUT2D eigenvalue weighted by molar-refractivity contribution is 0.0940. The van der Waals surface area contributed by atoms with Gasteiger partial charge in [-0.05, 0) is 38.8 Å². The van der Waals surface area contributed by atoms with Crippen molar-refractivity contribution in [3.8, 4) is 0 Å². The highest BCUT2D eigenvalue weighted by Crippen LogP contribution is 2.17. The highest BCUT2D eigenvalue weighted by Gasteiger charge is 2.14. The molecule has 0 spiro atoms. The maximum Gasteiger partial charge on any atom is 0.253 e. The minimum atomic E-state index is -0.821. The van der Waals surface area contributed by atoms with Crippen LogP contribution in [0.1, 0.15) is 42.6 Å². The Balaban J connectivity index is 2.75. The van der Waals surface area contributed by atoms with Crippen LogP contribution >= 0.6 is 0 Å². The fourth-order valence-electron chi connectivity index (χ4n) is 1.98. The van der Waals surface area contributed by atoms with Crippen LogP contribution in [-0.4, -0.2) is 34.7 Å². The van der Waals surface area contributed by atoms with Crippen LogP contribution in [0.15, 0.2) is 18.2 Å². The van der Waals surface area contributed by atoms with Crippen LogP contribution in [0.4, 0.5) is 5.69 Å². The van der Waals surface area contributed by atoms with E-state index in [0.717, 1.165) is 30.6 Å². The zero-order valence-electron chi connectivity index (χ0n) is 13.4. The van der Waals surface area contributed by atoms with E-state index in [1.54, 1.807) is 6.26 Å². The molecule has 0 heterocycles. The third-order valence-electron chi connectivity index (χ3n) is 3.20. The van der Waals surface area contributed by atoms with Crippen LogP contribution in [0.5, 0.6) is 0 Å². The van der Waals surface area contributed by atoms with Gasteiger partial charge in [0.15, 0.2) is 0 Å². The lowest BCUT2D eigenvalue weighted by atomic mass is 10.1. The average molecular weight is 310 g/mol. The number of nitrogens with one attached hydrogen (secondary N) is 2. The van der Waals surface area contributed by atoms with E-state index in [0.29, 0.717) is 11.3 Å². The Bertz CT molecular complexity index is 503. The summed E-state index contributed by atoms with van der Waals surface area (Å²) in [4.78, 5) is 12.4. The van der Waals surface area contributed by atoms with Gasteiger partial charge in [-0.15, -0.1) is 0 Å². The van der Waals surface area contributed by atoms with Crippen molar-refractivity contribution in [2.75, 3.05) is 23.9 Å². The summed E-state index contributed by atoms with van der Waals surface area (Å²) in [5.74, 6) is 0.530. The molecule has 118 valence electrons. The number of amides is 1. The fraction of sp³-hybridized carbons (Fsp3) is 0.562. The Kier molecular flexibility index (Phi) is 7.43. The molecule has 0 fully saturated rings. The normalized spacial score (nSPS) is 13.5. The van der Waals surface area contributed by atoms with E-state index < -0.39 is 10.8 Å². The van der Waals surface area contributed by atoms with Crippen molar-refractivity contribution in [1.29, 1.82) is 0 Å². The zero-order chi connectivity index (χ0) is 15.8. The molecule has 0 aromatic heterocycles. The van der Waals surface area contributed by atoms with Crippen molar-refractivity contribution in [3.63, 3.8) is 0 Å². The first-order valence-electron chi connectivity index (χ1n) is 7.39. The molecule has 4 nitrogen and oxygen atoms in total. The van der Waals surface area contributed by atoms with Gasteiger partial charge < -0.3 is 10.6 Å². The lowest BCUT2D eigenvalue weighted by Gasteiger charge is -2.16. The predicted molar refractivity (Wildman–Crippen MR) is 90.4 cm³/mol. The highest BCUT2D eigenvalue weighted by atomic mass is 32.2. The molecular weight excluding hydrogens is 284 g/mol. The lowest BCUT2D eigenvalue weighted by Crippen LogP contribution is -2.34. The van der Waals surface area contributed by atoms with Crippen molar-refractivity contribution in [2.45, 2.75) is 39.7 Å². The molecule has 1 amide bonds. The van der Waals surface area contributed by atoms with Gasteiger partial charge >= 0.3 is 0 Å². The van der Waals surface area contributed by atoms with Gasteiger partial charge in [-0.2, -0.15) is 0 Å². The Hall–Kier alpha value is -1.36. The summed E-state index contributed by atoms with van der Waals surface area (Å²) in [5, 5.41) is 6.27. The molecule has 0 saturated heterocycles. The fourth-order valence-corrected chi connectivity index (χ4v) is 2.66. The summed E-state index contributed by atoms with van der Waals surface area (Å²) in [5.41, 5.74) is 2.60. The topological polar surface area (TPSA) is 58.2 Å². The number of benzene rings is 1. The van der Waals surface area contributed by atoms with Crippen LogP contribution in [0.2, 0.25) is 0 Å². The van der Waals surface area contributed by atoms with Crippen LogP contribution in [0.25, 0.3) is 0 Å². The van der Waals surface area contributed by atoms with Gasteiger partial charge in [0.1, 0.15) is 0 Å². The van der Waals surface area contributed by atoms with E-state index in [-0.39, 0.29) is 11.9 Å². The van der Waals surface area contributed by atoms with Gasteiger partial charge in [0.2, 0.25) is 0 Å². The molecule has 0 aliphatic heterocycles. The van der Waals surface area contributed by atoms with Crippen molar-refractivity contribution in [1.82, 2.24) is 5.32 Å². The van der Waals surface area contributed by atoms with Crippen LogP contribution < -0.4 is 10.6 Å². The monoisotopic (exact) mass is 310 g/mol. The number of rotatable bonds is 8. The molecule has 0 bridgehead atoms. The molecular formula is C16H26N2O2S. The molecule has 1 aromatic rings. The van der Waals surface area contributed by atoms with E-state index in [1.165, 1.54) is 0 Å². The maximum atomic E-state index is 12.4. The van der Waals surface area contributed by atoms with E-state index in [2.05, 4.69) is 17.6 Å². The van der Waals surface area contributed by atoms with Crippen molar-refractivity contribution >= 4 is 22.4 Å². The molecule has 0 radical (unpaired) electrons. The van der Waals surface area contributed by atoms with Gasteiger partial charge in [0.25, 0.3) is 5.91 Å². The second-order valence-electron chi connectivity index (χ2n) is 5.42. The third kappa shape index (κ3) is 6.29. The Morgan fingerprint density at radius 2 is 2.10 bits per heavy atom. The minimum absolute atomic E-state index is 0.0148. The molecule has 2 N–H and O–H groups in total. The van der Waals surface area contributed by atoms with Gasteiger partial charge in [0, 0.05) is 41.1 Å². The van der Waals surface area contributed by atoms with E-state index >= 15 is 0 Å². The Morgan fingerprint density at radius 3 is 2.71 bits per heavy atom. The summed E-state index contributed by atoms with van der Waals surface area (Å²) in [6.45, 7) is 6.85. The van der Waals surface area contributed by atoms with Crippen molar-refractivity contribution in [2.24, 2.45) is 0 Å². The number of carbonyl (C=O) groups is 1. The first kappa shape index (κ1) is 17.7.